The summed E-state index contributed by atoms with van der Waals surface area (Å²) in [5.41, 5.74) is 0. The van der Waals surface area contributed by atoms with Gasteiger partial charge in [-0.3, -0.25) is 0 Å². The Balaban J connectivity index is 2.41. The third-order valence-corrected chi connectivity index (χ3v) is 6.08. The van der Waals surface area contributed by atoms with Crippen LogP contribution in [-0.2, 0) is 0 Å². The molecule has 38 valence electrons. The van der Waals surface area contributed by atoms with Gasteiger partial charge in [0.15, 0.2) is 0 Å². The molecule has 6 heavy (non-hydrogen) atoms. The Labute approximate surface area is 49.6 Å². The van der Waals surface area contributed by atoms with Gasteiger partial charge in [0.05, 0.1) is 0 Å². The highest BCUT2D eigenvalue weighted by Crippen LogP contribution is 2.75. The van der Waals surface area contributed by atoms with Gasteiger partial charge in [0.25, 0.3) is 0 Å². The van der Waals surface area contributed by atoms with Crippen molar-refractivity contribution in [1.29, 1.82) is 0 Å². The first-order chi connectivity index (χ1) is 2.63. The van der Waals surface area contributed by atoms with E-state index < -0.39 is 8.09 Å². The zero-order valence-electron chi connectivity index (χ0n) is 3.59. The van der Waals surface area contributed by atoms with Crippen molar-refractivity contribution in [2.75, 3.05) is 5.75 Å². The maximum atomic E-state index is 4.28. The second-order valence-electron chi connectivity index (χ2n) is 1.69. The average molecular weight is 140 g/mol. The van der Waals surface area contributed by atoms with E-state index >= 15 is 0 Å². The third kappa shape index (κ3) is 0.820. The molecule has 1 heterocycles. The molecule has 1 atom stereocenters. The van der Waals surface area contributed by atoms with E-state index in [9.17, 15) is 0 Å². The predicted molar refractivity (Wildman–Crippen MR) is 39.9 cm³/mol. The lowest BCUT2D eigenvalue weighted by molar-refractivity contribution is 1.25. The van der Waals surface area contributed by atoms with Gasteiger partial charge in [-0.2, -0.15) is 0 Å². The first-order valence-corrected chi connectivity index (χ1v) is 5.85. The van der Waals surface area contributed by atoms with Gasteiger partial charge in [-0.05, 0) is 0 Å². The zero-order valence-corrected chi connectivity index (χ0v) is 6.19. The van der Waals surface area contributed by atoms with Crippen molar-refractivity contribution in [3.63, 3.8) is 0 Å². The van der Waals surface area contributed by atoms with Crippen LogP contribution in [0, 0.1) is 0 Å². The number of hydrogen-bond donors (Lipinski definition) is 2. The summed E-state index contributed by atoms with van der Waals surface area (Å²) >= 11 is 8.55. The fraction of sp³-hybridized carbons (Fsp3) is 1.00. The van der Waals surface area contributed by atoms with Crippen LogP contribution in [0.4, 0.5) is 0 Å². The fourth-order valence-corrected chi connectivity index (χ4v) is 3.27. The van der Waals surface area contributed by atoms with Crippen molar-refractivity contribution in [2.24, 2.45) is 0 Å². The van der Waals surface area contributed by atoms with Crippen LogP contribution in [0.15, 0.2) is 0 Å². The molecule has 3 heteroatoms. The molecule has 0 amide bonds. The van der Waals surface area contributed by atoms with Crippen molar-refractivity contribution < 1.29 is 0 Å². The third-order valence-electron chi connectivity index (χ3n) is 1.01. The summed E-state index contributed by atoms with van der Waals surface area (Å²) < 4.78 is 0. The summed E-state index contributed by atoms with van der Waals surface area (Å²) in [6, 6.07) is 0. The molecule has 1 rings (SSSR count). The zero-order chi connectivity index (χ0) is 4.78. The van der Waals surface area contributed by atoms with Gasteiger partial charge in [-0.15, -0.1) is 31.4 Å². The molecule has 0 bridgehead atoms. The Morgan fingerprint density at radius 3 is 1.83 bits per heavy atom. The van der Waals surface area contributed by atoms with Gasteiger partial charge in [-0.25, -0.2) is 0 Å². The lowest BCUT2D eigenvalue weighted by Crippen LogP contribution is -1.61. The van der Waals surface area contributed by atoms with Crippen LogP contribution >= 0.6 is 31.4 Å². The molecule has 0 radical (unpaired) electrons. The highest BCUT2D eigenvalue weighted by atomic mass is 33.5. The molecule has 1 aliphatic heterocycles. The Morgan fingerprint density at radius 1 is 1.67 bits per heavy atom. The molecule has 0 aromatic carbocycles. The Bertz CT molecular complexity index is 68.4. The molecule has 0 N–H and O–H groups in total. The molecule has 1 saturated heterocycles. The van der Waals surface area contributed by atoms with E-state index in [1.165, 1.54) is 5.75 Å². The Morgan fingerprint density at radius 2 is 1.83 bits per heavy atom. The minimum Gasteiger partial charge on any atom is -0.145 e. The minimum absolute atomic E-state index is 0.606. The predicted octanol–water partition coefficient (Wildman–Crippen LogP) is 1.88. The standard InChI is InChI=1S/C3H8S3/c1-3-2-6(3,4)5/h3-5H,2H2,1H3. The van der Waals surface area contributed by atoms with E-state index in [-0.39, 0.29) is 0 Å². The first-order valence-electron chi connectivity index (χ1n) is 1.88. The van der Waals surface area contributed by atoms with Crippen LogP contribution in [0.25, 0.3) is 0 Å². The smallest absolute Gasteiger partial charge is 0.0120 e. The second-order valence-corrected chi connectivity index (χ2v) is 9.04. The topological polar surface area (TPSA) is 0 Å². The van der Waals surface area contributed by atoms with Gasteiger partial charge < -0.3 is 0 Å². The number of hydrogen-bond acceptors (Lipinski definition) is 2. The van der Waals surface area contributed by atoms with E-state index in [1.807, 2.05) is 0 Å². The SMILES string of the molecule is CC1CS1(S)S. The van der Waals surface area contributed by atoms with Gasteiger partial charge in [0.2, 0.25) is 0 Å². The lowest BCUT2D eigenvalue weighted by Gasteiger charge is -1.98. The highest BCUT2D eigenvalue weighted by molar-refractivity contribution is 9.20. The van der Waals surface area contributed by atoms with Gasteiger partial charge in [0.1, 0.15) is 0 Å². The van der Waals surface area contributed by atoms with Crippen molar-refractivity contribution in [1.82, 2.24) is 0 Å². The molecule has 0 saturated carbocycles. The van der Waals surface area contributed by atoms with E-state index in [0.29, 0.717) is 0 Å². The Hall–Kier alpha value is 1.05. The molecular weight excluding hydrogens is 132 g/mol. The molecule has 0 aromatic heterocycles. The molecule has 0 aliphatic carbocycles. The monoisotopic (exact) mass is 140 g/mol. The summed E-state index contributed by atoms with van der Waals surface area (Å²) in [6.07, 6.45) is 0. The summed E-state index contributed by atoms with van der Waals surface area (Å²) in [4.78, 5) is 0. The maximum Gasteiger partial charge on any atom is 0.0120 e. The van der Waals surface area contributed by atoms with Crippen LogP contribution in [0.1, 0.15) is 6.92 Å². The largest absolute Gasteiger partial charge is 0.145 e. The van der Waals surface area contributed by atoms with Crippen LogP contribution in [0.3, 0.4) is 0 Å². The van der Waals surface area contributed by atoms with Gasteiger partial charge in [0, 0.05) is 11.0 Å². The van der Waals surface area contributed by atoms with Crippen molar-refractivity contribution in [3.8, 4) is 0 Å². The summed E-state index contributed by atoms with van der Waals surface area (Å²) in [7, 11) is -0.606. The molecule has 1 fully saturated rings. The van der Waals surface area contributed by atoms with Crippen molar-refractivity contribution in [2.45, 2.75) is 12.2 Å². The van der Waals surface area contributed by atoms with Crippen LogP contribution in [0.5, 0.6) is 0 Å². The molecule has 0 nitrogen and oxygen atoms in total. The van der Waals surface area contributed by atoms with E-state index in [2.05, 4.69) is 30.2 Å². The van der Waals surface area contributed by atoms with Crippen LogP contribution in [-0.4, -0.2) is 11.0 Å². The van der Waals surface area contributed by atoms with Crippen LogP contribution in [0.2, 0.25) is 0 Å². The quantitative estimate of drug-likeness (QED) is 0.286. The number of rotatable bonds is 0. The first kappa shape index (κ1) is 5.19. The maximum absolute atomic E-state index is 4.28. The summed E-state index contributed by atoms with van der Waals surface area (Å²) in [6.45, 7) is 2.19. The van der Waals surface area contributed by atoms with Gasteiger partial charge >= 0.3 is 0 Å². The average Bonchev–Trinajstić information content (AvgIpc) is 1.73. The van der Waals surface area contributed by atoms with Crippen molar-refractivity contribution >= 4 is 31.4 Å². The second kappa shape index (κ2) is 1.26. The molecule has 0 aromatic rings. The fourth-order valence-electron chi connectivity index (χ4n) is 0.306. The normalized spacial score (nSPS) is 44.8. The van der Waals surface area contributed by atoms with Crippen molar-refractivity contribution in [3.05, 3.63) is 0 Å². The molecule has 1 unspecified atom stereocenters. The van der Waals surface area contributed by atoms with Gasteiger partial charge in [-0.1, -0.05) is 6.92 Å². The molecule has 1 aliphatic rings. The van der Waals surface area contributed by atoms with E-state index in [4.69, 9.17) is 0 Å². The van der Waals surface area contributed by atoms with Crippen LogP contribution < -0.4 is 0 Å². The molecular formula is C3H8S3. The minimum atomic E-state index is -0.606. The van der Waals surface area contributed by atoms with E-state index in [1.54, 1.807) is 0 Å². The summed E-state index contributed by atoms with van der Waals surface area (Å²) in [5, 5.41) is 0.809. The van der Waals surface area contributed by atoms with E-state index in [0.717, 1.165) is 5.25 Å². The highest BCUT2D eigenvalue weighted by Gasteiger charge is 2.39. The molecule has 0 spiro atoms. The summed E-state index contributed by atoms with van der Waals surface area (Å²) in [5.74, 6) is 1.25. The Kier molecular flexibility index (Phi) is 1.09. The number of thiol groups is 2. The lowest BCUT2D eigenvalue weighted by atomic mass is 10.6.